The molecule has 128 valence electrons. The van der Waals surface area contributed by atoms with E-state index in [0.717, 1.165) is 16.8 Å². The number of rotatable bonds is 5. The molecule has 1 amide bonds. The van der Waals surface area contributed by atoms with Crippen LogP contribution in [0.25, 0.3) is 11.5 Å². The predicted octanol–water partition coefficient (Wildman–Crippen LogP) is 4.06. The van der Waals surface area contributed by atoms with E-state index in [1.807, 2.05) is 32.0 Å². The second-order valence-electron chi connectivity index (χ2n) is 5.80. The van der Waals surface area contributed by atoms with Crippen LogP contribution >= 0.6 is 0 Å². The molecule has 0 aliphatic carbocycles. The molecule has 0 atom stereocenters. The molecule has 25 heavy (non-hydrogen) atoms. The van der Waals surface area contributed by atoms with Gasteiger partial charge in [-0.15, -0.1) is 10.2 Å². The van der Waals surface area contributed by atoms with Gasteiger partial charge < -0.3 is 9.73 Å². The van der Waals surface area contributed by atoms with E-state index >= 15 is 0 Å². The molecule has 6 heteroatoms. The number of nitrogens with zero attached hydrogens (tertiary/aromatic N) is 2. The Labute approximate surface area is 144 Å². The van der Waals surface area contributed by atoms with Crippen molar-refractivity contribution in [3.8, 4) is 11.5 Å². The van der Waals surface area contributed by atoms with E-state index in [1.165, 1.54) is 12.1 Å². The van der Waals surface area contributed by atoms with Gasteiger partial charge in [-0.1, -0.05) is 12.1 Å². The van der Waals surface area contributed by atoms with E-state index in [2.05, 4.69) is 15.5 Å². The van der Waals surface area contributed by atoms with Crippen molar-refractivity contribution in [1.29, 1.82) is 0 Å². The van der Waals surface area contributed by atoms with Crippen molar-refractivity contribution in [1.82, 2.24) is 10.2 Å². The number of carbonyl (C=O) groups is 1. The summed E-state index contributed by atoms with van der Waals surface area (Å²) in [5.41, 5.74) is 3.62. The molecule has 0 fully saturated rings. The quantitative estimate of drug-likeness (QED) is 0.761. The van der Waals surface area contributed by atoms with Crippen molar-refractivity contribution < 1.29 is 13.6 Å². The summed E-state index contributed by atoms with van der Waals surface area (Å²) in [6, 6.07) is 11.6. The molecule has 0 saturated heterocycles. The summed E-state index contributed by atoms with van der Waals surface area (Å²) in [5.74, 6) is 0.238. The van der Waals surface area contributed by atoms with Crippen LogP contribution in [0.15, 0.2) is 46.9 Å². The first-order chi connectivity index (χ1) is 12.0. The van der Waals surface area contributed by atoms with Gasteiger partial charge in [0.15, 0.2) is 0 Å². The van der Waals surface area contributed by atoms with Crippen LogP contribution in [0.1, 0.15) is 23.4 Å². The van der Waals surface area contributed by atoms with Gasteiger partial charge >= 0.3 is 0 Å². The molecule has 0 bridgehead atoms. The lowest BCUT2D eigenvalue weighted by molar-refractivity contribution is -0.116. The third-order valence-electron chi connectivity index (χ3n) is 4.00. The summed E-state index contributed by atoms with van der Waals surface area (Å²) in [6.45, 7) is 3.97. The molecule has 3 rings (SSSR count). The number of hydrogen-bond acceptors (Lipinski definition) is 4. The van der Waals surface area contributed by atoms with E-state index in [0.29, 0.717) is 23.8 Å². The molecule has 1 heterocycles. The third-order valence-corrected chi connectivity index (χ3v) is 4.00. The average molecular weight is 339 g/mol. The highest BCUT2D eigenvalue weighted by Gasteiger charge is 2.11. The van der Waals surface area contributed by atoms with E-state index < -0.39 is 0 Å². The van der Waals surface area contributed by atoms with Crippen molar-refractivity contribution in [2.75, 3.05) is 5.32 Å². The van der Waals surface area contributed by atoms with Crippen LogP contribution in [-0.2, 0) is 11.2 Å². The van der Waals surface area contributed by atoms with Gasteiger partial charge in [-0.2, -0.15) is 0 Å². The third kappa shape index (κ3) is 4.09. The summed E-state index contributed by atoms with van der Waals surface area (Å²) < 4.78 is 18.5. The van der Waals surface area contributed by atoms with Crippen molar-refractivity contribution in [3.05, 3.63) is 65.3 Å². The fourth-order valence-electron chi connectivity index (χ4n) is 2.38. The number of aryl methyl sites for hydroxylation is 2. The van der Waals surface area contributed by atoms with Crippen LogP contribution in [0, 0.1) is 19.7 Å². The molecule has 0 radical (unpaired) electrons. The first-order valence-corrected chi connectivity index (χ1v) is 7.97. The highest BCUT2D eigenvalue weighted by Crippen LogP contribution is 2.20. The number of halogens is 1. The number of carbonyl (C=O) groups excluding carboxylic acids is 1. The number of aromatic nitrogens is 2. The van der Waals surface area contributed by atoms with Crippen LogP contribution in [0.3, 0.4) is 0 Å². The fourth-order valence-corrected chi connectivity index (χ4v) is 2.38. The summed E-state index contributed by atoms with van der Waals surface area (Å²) in [4.78, 5) is 12.1. The highest BCUT2D eigenvalue weighted by molar-refractivity contribution is 5.91. The minimum absolute atomic E-state index is 0.116. The Morgan fingerprint density at radius 3 is 2.64 bits per heavy atom. The van der Waals surface area contributed by atoms with E-state index in [-0.39, 0.29) is 18.1 Å². The van der Waals surface area contributed by atoms with Gasteiger partial charge in [-0.3, -0.25) is 4.79 Å². The molecule has 0 unspecified atom stereocenters. The molecule has 0 aliphatic heterocycles. The molecule has 5 nitrogen and oxygen atoms in total. The molecular weight excluding hydrogens is 321 g/mol. The van der Waals surface area contributed by atoms with Gasteiger partial charge in [0.05, 0.1) is 0 Å². The van der Waals surface area contributed by atoms with Crippen LogP contribution in [0.4, 0.5) is 10.1 Å². The van der Waals surface area contributed by atoms with Crippen LogP contribution in [0.2, 0.25) is 0 Å². The van der Waals surface area contributed by atoms with Crippen LogP contribution < -0.4 is 5.32 Å². The molecular formula is C19H18FN3O2. The summed E-state index contributed by atoms with van der Waals surface area (Å²) in [7, 11) is 0. The van der Waals surface area contributed by atoms with Crippen LogP contribution in [0.5, 0.6) is 0 Å². The highest BCUT2D eigenvalue weighted by atomic mass is 19.1. The number of amides is 1. The Kier molecular flexibility index (Phi) is 4.88. The molecule has 2 aromatic carbocycles. The Balaban J connectivity index is 1.59. The SMILES string of the molecule is Cc1cccc(NC(=O)CCc2nnc(-c3ccc(F)cc3)o2)c1C. The number of hydrogen-bond donors (Lipinski definition) is 1. The lowest BCUT2D eigenvalue weighted by Gasteiger charge is -2.09. The van der Waals surface area contributed by atoms with Gasteiger partial charge in [0.25, 0.3) is 0 Å². The van der Waals surface area contributed by atoms with E-state index in [4.69, 9.17) is 4.42 Å². The van der Waals surface area contributed by atoms with Gasteiger partial charge in [0.1, 0.15) is 5.82 Å². The average Bonchev–Trinajstić information content (AvgIpc) is 3.07. The fraction of sp³-hybridized carbons (Fsp3) is 0.211. The standard InChI is InChI=1S/C19H18FN3O2/c1-12-4-3-5-16(13(12)2)21-17(24)10-11-18-22-23-19(25-18)14-6-8-15(20)9-7-14/h3-9H,10-11H2,1-2H3,(H,21,24). The number of nitrogens with one attached hydrogen (secondary N) is 1. The van der Waals surface area contributed by atoms with Crippen LogP contribution in [-0.4, -0.2) is 16.1 Å². The Hall–Kier alpha value is -3.02. The van der Waals surface area contributed by atoms with Crippen molar-refractivity contribution in [2.24, 2.45) is 0 Å². The molecule has 0 saturated carbocycles. The lowest BCUT2D eigenvalue weighted by Crippen LogP contribution is -2.13. The maximum atomic E-state index is 12.9. The summed E-state index contributed by atoms with van der Waals surface area (Å²) >= 11 is 0. The topological polar surface area (TPSA) is 68.0 Å². The molecule has 0 spiro atoms. The monoisotopic (exact) mass is 339 g/mol. The Bertz CT molecular complexity index is 888. The maximum Gasteiger partial charge on any atom is 0.247 e. The minimum atomic E-state index is -0.327. The van der Waals surface area contributed by atoms with Crippen molar-refractivity contribution in [2.45, 2.75) is 26.7 Å². The van der Waals surface area contributed by atoms with Crippen molar-refractivity contribution in [3.63, 3.8) is 0 Å². The predicted molar refractivity (Wildman–Crippen MR) is 92.6 cm³/mol. The van der Waals surface area contributed by atoms with Gasteiger partial charge in [0, 0.05) is 24.1 Å². The summed E-state index contributed by atoms with van der Waals surface area (Å²) in [6.07, 6.45) is 0.573. The molecule has 1 aromatic heterocycles. The second kappa shape index (κ2) is 7.25. The lowest BCUT2D eigenvalue weighted by atomic mass is 10.1. The Morgan fingerprint density at radius 1 is 1.12 bits per heavy atom. The molecule has 0 aliphatic rings. The largest absolute Gasteiger partial charge is 0.421 e. The zero-order valence-corrected chi connectivity index (χ0v) is 14.0. The van der Waals surface area contributed by atoms with Crippen molar-refractivity contribution >= 4 is 11.6 Å². The summed E-state index contributed by atoms with van der Waals surface area (Å²) in [5, 5.41) is 10.8. The molecule has 1 N–H and O–H groups in total. The number of benzene rings is 2. The second-order valence-corrected chi connectivity index (χ2v) is 5.80. The normalized spacial score (nSPS) is 10.7. The first-order valence-electron chi connectivity index (χ1n) is 7.97. The first kappa shape index (κ1) is 16.8. The van der Waals surface area contributed by atoms with Gasteiger partial charge in [-0.25, -0.2) is 4.39 Å². The zero-order chi connectivity index (χ0) is 17.8. The minimum Gasteiger partial charge on any atom is -0.421 e. The van der Waals surface area contributed by atoms with E-state index in [1.54, 1.807) is 12.1 Å². The van der Waals surface area contributed by atoms with Gasteiger partial charge in [0.2, 0.25) is 17.7 Å². The maximum absolute atomic E-state index is 12.9. The Morgan fingerprint density at radius 2 is 1.88 bits per heavy atom. The molecule has 3 aromatic rings. The smallest absolute Gasteiger partial charge is 0.247 e. The van der Waals surface area contributed by atoms with E-state index in [9.17, 15) is 9.18 Å². The number of anilines is 1. The van der Waals surface area contributed by atoms with Gasteiger partial charge in [-0.05, 0) is 55.3 Å². The zero-order valence-electron chi connectivity index (χ0n) is 14.0.